The number of benzene rings is 1. The van der Waals surface area contributed by atoms with E-state index in [4.69, 9.17) is 10.5 Å². The van der Waals surface area contributed by atoms with Crippen molar-refractivity contribution in [3.8, 4) is 0 Å². The molecular formula is C28H42N4O5. The van der Waals surface area contributed by atoms with E-state index in [1.165, 1.54) is 0 Å². The lowest BCUT2D eigenvalue weighted by molar-refractivity contribution is -0.144. The Kier molecular flexibility index (Phi) is 9.56. The summed E-state index contributed by atoms with van der Waals surface area (Å²) >= 11 is 0. The topological polar surface area (TPSA) is 131 Å². The van der Waals surface area contributed by atoms with Crippen LogP contribution in [0.25, 0.3) is 0 Å². The third-order valence-corrected chi connectivity index (χ3v) is 6.77. The summed E-state index contributed by atoms with van der Waals surface area (Å²) in [4.78, 5) is 53.7. The minimum absolute atomic E-state index is 0.0659. The minimum Gasteiger partial charge on any atom is -0.444 e. The van der Waals surface area contributed by atoms with Crippen molar-refractivity contribution in [2.75, 3.05) is 0 Å². The van der Waals surface area contributed by atoms with Gasteiger partial charge in [0.25, 0.3) is 0 Å². The highest BCUT2D eigenvalue weighted by Gasteiger charge is 2.44. The van der Waals surface area contributed by atoms with Crippen molar-refractivity contribution in [1.82, 2.24) is 15.5 Å². The second-order valence-electron chi connectivity index (χ2n) is 11.2. The van der Waals surface area contributed by atoms with Crippen LogP contribution in [0, 0.1) is 0 Å². The van der Waals surface area contributed by atoms with Gasteiger partial charge in [0.2, 0.25) is 17.7 Å². The Morgan fingerprint density at radius 3 is 2.16 bits per heavy atom. The first kappa shape index (κ1) is 28.5. The maximum absolute atomic E-state index is 14.0. The van der Waals surface area contributed by atoms with Gasteiger partial charge in [-0.1, -0.05) is 50.5 Å². The van der Waals surface area contributed by atoms with Gasteiger partial charge in [0.05, 0.1) is 6.42 Å². The number of nitrogens with one attached hydrogen (secondary N) is 2. The molecule has 0 spiro atoms. The smallest absolute Gasteiger partial charge is 0.408 e. The van der Waals surface area contributed by atoms with E-state index < -0.39 is 42.0 Å². The van der Waals surface area contributed by atoms with Gasteiger partial charge >= 0.3 is 6.09 Å². The number of aryl methyl sites for hydroxylation is 1. The molecule has 204 valence electrons. The Morgan fingerprint density at radius 2 is 1.65 bits per heavy atom. The summed E-state index contributed by atoms with van der Waals surface area (Å²) in [6.45, 7) is 7.18. The summed E-state index contributed by atoms with van der Waals surface area (Å²) < 4.78 is 5.32. The predicted molar refractivity (Wildman–Crippen MR) is 140 cm³/mol. The number of rotatable bonds is 10. The molecule has 2 unspecified atom stereocenters. The van der Waals surface area contributed by atoms with Crippen LogP contribution in [0.15, 0.2) is 24.3 Å². The normalized spacial score (nSPS) is 17.8. The number of carbonyl (C=O) groups excluding carboxylic acids is 4. The van der Waals surface area contributed by atoms with E-state index in [2.05, 4.69) is 17.6 Å². The van der Waals surface area contributed by atoms with Gasteiger partial charge < -0.3 is 26.0 Å². The predicted octanol–water partition coefficient (Wildman–Crippen LogP) is 3.50. The van der Waals surface area contributed by atoms with Gasteiger partial charge in [-0.15, -0.1) is 0 Å². The van der Waals surface area contributed by atoms with Crippen LogP contribution in [0.3, 0.4) is 0 Å². The Hall–Kier alpha value is -3.10. The fraction of sp³-hybridized carbons (Fsp3) is 0.643. The quantitative estimate of drug-likeness (QED) is 0.440. The maximum Gasteiger partial charge on any atom is 0.408 e. The van der Waals surface area contributed by atoms with Gasteiger partial charge in [-0.05, 0) is 64.0 Å². The van der Waals surface area contributed by atoms with E-state index in [0.29, 0.717) is 5.56 Å². The molecule has 4 amide bonds. The van der Waals surface area contributed by atoms with Crippen molar-refractivity contribution >= 4 is 23.8 Å². The third-order valence-electron chi connectivity index (χ3n) is 6.77. The van der Waals surface area contributed by atoms with Crippen LogP contribution >= 0.6 is 0 Å². The summed E-state index contributed by atoms with van der Waals surface area (Å²) in [5, 5.41) is 5.71. The molecule has 4 N–H and O–H groups in total. The Labute approximate surface area is 219 Å². The Morgan fingerprint density at radius 1 is 1.03 bits per heavy atom. The van der Waals surface area contributed by atoms with Crippen LogP contribution in [0.2, 0.25) is 0 Å². The highest BCUT2D eigenvalue weighted by Crippen LogP contribution is 2.36. The molecule has 0 saturated heterocycles. The van der Waals surface area contributed by atoms with Crippen LogP contribution < -0.4 is 16.4 Å². The number of primary amides is 1. The summed E-state index contributed by atoms with van der Waals surface area (Å²) in [6.07, 6.45) is 6.22. The SMILES string of the molecule is CCc1ccc(C(C(=O)NC2CCCCC2)N(C(=O)C(CC(N)=O)NC(=O)OC(C)(C)C)C2CC2)cc1. The van der Waals surface area contributed by atoms with Crippen molar-refractivity contribution in [3.63, 3.8) is 0 Å². The number of alkyl carbamates (subject to hydrolysis) is 1. The Bertz CT molecular complexity index is 962. The molecule has 0 aliphatic heterocycles. The van der Waals surface area contributed by atoms with Gasteiger partial charge in [-0.2, -0.15) is 0 Å². The molecule has 1 aromatic rings. The van der Waals surface area contributed by atoms with Crippen molar-refractivity contribution in [1.29, 1.82) is 0 Å². The van der Waals surface area contributed by atoms with E-state index in [9.17, 15) is 19.2 Å². The van der Waals surface area contributed by atoms with E-state index >= 15 is 0 Å². The second-order valence-corrected chi connectivity index (χ2v) is 11.2. The van der Waals surface area contributed by atoms with Gasteiger partial charge in [-0.25, -0.2) is 4.79 Å². The summed E-state index contributed by atoms with van der Waals surface area (Å²) in [5.74, 6) is -1.50. The van der Waals surface area contributed by atoms with Gasteiger partial charge in [0.15, 0.2) is 0 Å². The van der Waals surface area contributed by atoms with Crippen LogP contribution in [-0.2, 0) is 25.5 Å². The number of hydrogen-bond acceptors (Lipinski definition) is 5. The molecule has 0 heterocycles. The van der Waals surface area contributed by atoms with Gasteiger partial charge in [0.1, 0.15) is 17.7 Å². The molecule has 9 nitrogen and oxygen atoms in total. The van der Waals surface area contributed by atoms with Gasteiger partial charge in [-0.3, -0.25) is 14.4 Å². The number of ether oxygens (including phenoxy) is 1. The zero-order chi connectivity index (χ0) is 27.2. The molecule has 2 atom stereocenters. The van der Waals surface area contributed by atoms with E-state index in [0.717, 1.165) is 56.9 Å². The van der Waals surface area contributed by atoms with Crippen molar-refractivity contribution in [2.45, 2.75) is 115 Å². The number of hydrogen-bond donors (Lipinski definition) is 3. The monoisotopic (exact) mass is 514 g/mol. The lowest BCUT2D eigenvalue weighted by Gasteiger charge is -2.35. The molecular weight excluding hydrogens is 472 g/mol. The van der Waals surface area contributed by atoms with E-state index in [1.54, 1.807) is 25.7 Å². The largest absolute Gasteiger partial charge is 0.444 e. The average molecular weight is 515 g/mol. The molecule has 2 fully saturated rings. The number of nitrogens with zero attached hydrogens (tertiary/aromatic N) is 1. The fourth-order valence-electron chi connectivity index (χ4n) is 4.80. The highest BCUT2D eigenvalue weighted by molar-refractivity contribution is 5.95. The molecule has 1 aromatic carbocycles. The van der Waals surface area contributed by atoms with E-state index in [1.807, 2.05) is 24.3 Å². The molecule has 9 heteroatoms. The number of carbonyl (C=O) groups is 4. The second kappa shape index (κ2) is 12.4. The molecule has 2 aliphatic rings. The summed E-state index contributed by atoms with van der Waals surface area (Å²) in [5.41, 5.74) is 6.48. The molecule has 2 aliphatic carbocycles. The van der Waals surface area contributed by atoms with E-state index in [-0.39, 0.29) is 18.0 Å². The highest BCUT2D eigenvalue weighted by atomic mass is 16.6. The number of amides is 4. The lowest BCUT2D eigenvalue weighted by Crippen LogP contribution is -2.55. The minimum atomic E-state index is -1.24. The van der Waals surface area contributed by atoms with Crippen molar-refractivity contribution in [3.05, 3.63) is 35.4 Å². The summed E-state index contributed by atoms with van der Waals surface area (Å²) in [6, 6.07) is 5.47. The maximum atomic E-state index is 14.0. The molecule has 0 aromatic heterocycles. The van der Waals surface area contributed by atoms with Crippen LogP contribution in [0.5, 0.6) is 0 Å². The molecule has 3 rings (SSSR count). The average Bonchev–Trinajstić information content (AvgIpc) is 3.66. The summed E-state index contributed by atoms with van der Waals surface area (Å²) in [7, 11) is 0. The van der Waals surface area contributed by atoms with Crippen molar-refractivity contribution < 1.29 is 23.9 Å². The van der Waals surface area contributed by atoms with Crippen molar-refractivity contribution in [2.24, 2.45) is 5.73 Å². The molecule has 2 saturated carbocycles. The van der Waals surface area contributed by atoms with Crippen LogP contribution in [0.1, 0.15) is 96.2 Å². The molecule has 37 heavy (non-hydrogen) atoms. The van der Waals surface area contributed by atoms with Crippen LogP contribution in [-0.4, -0.2) is 52.4 Å². The number of nitrogens with two attached hydrogens (primary N) is 1. The molecule has 0 bridgehead atoms. The first-order chi connectivity index (χ1) is 17.5. The molecule has 0 radical (unpaired) electrons. The Balaban J connectivity index is 1.93. The fourth-order valence-corrected chi connectivity index (χ4v) is 4.80. The first-order valence-electron chi connectivity index (χ1n) is 13.5. The zero-order valence-corrected chi connectivity index (χ0v) is 22.5. The lowest BCUT2D eigenvalue weighted by atomic mass is 9.94. The first-order valence-corrected chi connectivity index (χ1v) is 13.5. The van der Waals surface area contributed by atoms with Gasteiger partial charge in [0, 0.05) is 12.1 Å². The van der Waals surface area contributed by atoms with Crippen LogP contribution in [0.4, 0.5) is 4.79 Å². The third kappa shape index (κ3) is 8.47. The zero-order valence-electron chi connectivity index (χ0n) is 22.5. The standard InChI is InChI=1S/C28H42N4O5/c1-5-18-11-13-19(14-12-18)24(25(34)30-20-9-7-6-8-10-20)32(21-15-16-21)26(35)22(17-23(29)33)31-27(36)37-28(2,3)4/h11-14,20-22,24H,5-10,15-17H2,1-4H3,(H2,29,33)(H,30,34)(H,31,36).